The Balaban J connectivity index is 1.66. The number of carboxylic acids is 1. The normalized spacial score (nSPS) is 19.8. The molecule has 132 valence electrons. The monoisotopic (exact) mass is 346 g/mol. The second-order valence-corrected chi connectivity index (χ2v) is 6.47. The minimum atomic E-state index is -0.911. The van der Waals surface area contributed by atoms with Crippen LogP contribution in [0.3, 0.4) is 0 Å². The molecule has 1 aromatic heterocycles. The fourth-order valence-corrected chi connectivity index (χ4v) is 2.83. The molecule has 0 bridgehead atoms. The number of anilines is 1. The number of rotatable bonds is 4. The summed E-state index contributed by atoms with van der Waals surface area (Å²) in [5, 5.41) is 16.2. The van der Waals surface area contributed by atoms with Crippen molar-refractivity contribution in [2.24, 2.45) is 5.41 Å². The number of nitrogens with one attached hydrogen (secondary N) is 1. The molecule has 0 saturated carbocycles. The number of amides is 2. The van der Waals surface area contributed by atoms with Crippen molar-refractivity contribution >= 4 is 17.8 Å². The van der Waals surface area contributed by atoms with E-state index in [4.69, 9.17) is 0 Å². The number of benzene rings is 1. The number of aromatic nitrogens is 2. The predicted octanol–water partition coefficient (Wildman–Crippen LogP) is 2.40. The van der Waals surface area contributed by atoms with Crippen LogP contribution >= 0.6 is 0 Å². The zero-order valence-electron chi connectivity index (χ0n) is 13.8. The summed E-state index contributed by atoms with van der Waals surface area (Å²) in [5.74, 6) is -0.712. The van der Waals surface area contributed by atoms with Gasteiger partial charge in [0.25, 0.3) is 0 Å². The van der Waals surface area contributed by atoms with Gasteiger partial charge in [-0.2, -0.15) is 5.10 Å². The van der Waals surface area contributed by atoms with Crippen molar-refractivity contribution in [2.45, 2.75) is 19.9 Å². The highest BCUT2D eigenvalue weighted by Crippen LogP contribution is 2.30. The van der Waals surface area contributed by atoms with Gasteiger partial charge in [-0.1, -0.05) is 12.1 Å². The third kappa shape index (κ3) is 3.62. The maximum absolute atomic E-state index is 13.0. The maximum Gasteiger partial charge on any atom is 0.323 e. The summed E-state index contributed by atoms with van der Waals surface area (Å²) in [5.41, 5.74) is -0.0636. The van der Waals surface area contributed by atoms with Crippen LogP contribution in [-0.2, 0) is 11.3 Å². The topological polar surface area (TPSA) is 87.5 Å². The summed E-state index contributed by atoms with van der Waals surface area (Å²) < 4.78 is 14.6. The van der Waals surface area contributed by atoms with Gasteiger partial charge in [-0.25, -0.2) is 13.9 Å². The summed E-state index contributed by atoms with van der Waals surface area (Å²) in [4.78, 5) is 25.2. The van der Waals surface area contributed by atoms with E-state index in [-0.39, 0.29) is 18.4 Å². The number of likely N-dealkylation sites (tertiary alicyclic amines) is 1. The maximum atomic E-state index is 13.0. The molecule has 2 heterocycles. The Bertz CT molecular complexity index is 789. The average Bonchev–Trinajstić information content (AvgIpc) is 3.17. The molecule has 1 aliphatic rings. The summed E-state index contributed by atoms with van der Waals surface area (Å²) in [6.45, 7) is 2.58. The fourth-order valence-electron chi connectivity index (χ4n) is 2.83. The first-order valence-electron chi connectivity index (χ1n) is 7.93. The molecule has 1 aliphatic heterocycles. The van der Waals surface area contributed by atoms with Gasteiger partial charge in [0.1, 0.15) is 11.6 Å². The molecule has 7 nitrogen and oxygen atoms in total. The number of urea groups is 1. The van der Waals surface area contributed by atoms with E-state index in [2.05, 4.69) is 10.4 Å². The van der Waals surface area contributed by atoms with Gasteiger partial charge in [-0.05, 0) is 31.0 Å². The first kappa shape index (κ1) is 16.9. The number of aliphatic carboxylic acids is 1. The van der Waals surface area contributed by atoms with Crippen LogP contribution in [0.5, 0.6) is 0 Å². The van der Waals surface area contributed by atoms with Gasteiger partial charge in [0.15, 0.2) is 0 Å². The van der Waals surface area contributed by atoms with Gasteiger partial charge < -0.3 is 10.0 Å². The lowest BCUT2D eigenvalue weighted by molar-refractivity contribution is -0.146. The molecule has 1 saturated heterocycles. The van der Waals surface area contributed by atoms with Crippen molar-refractivity contribution in [1.29, 1.82) is 0 Å². The Morgan fingerprint density at radius 2 is 2.04 bits per heavy atom. The minimum absolute atomic E-state index is 0.167. The molecule has 1 unspecified atom stereocenters. The zero-order chi connectivity index (χ0) is 18.0. The number of carboxylic acid groups (broad SMARTS) is 1. The number of hydrogen-bond acceptors (Lipinski definition) is 3. The minimum Gasteiger partial charge on any atom is -0.481 e. The molecule has 0 aliphatic carbocycles. The summed E-state index contributed by atoms with van der Waals surface area (Å²) in [6.07, 6.45) is 1.98. The Labute approximate surface area is 144 Å². The lowest BCUT2D eigenvalue weighted by Crippen LogP contribution is -2.37. The molecule has 0 spiro atoms. The largest absolute Gasteiger partial charge is 0.481 e. The molecule has 2 amide bonds. The molecule has 25 heavy (non-hydrogen) atoms. The number of hydrogen-bond donors (Lipinski definition) is 2. The standard InChI is InChI=1S/C17H19FN4O3/c1-17(15(23)24)7-9-21(11-17)16(25)20-14-6-8-19-22(14)10-12-2-4-13(18)5-3-12/h2-6,8H,7,9-11H2,1H3,(H,20,25)(H,23,24). The van der Waals surface area contributed by atoms with E-state index >= 15 is 0 Å². The molecule has 1 atom stereocenters. The fraction of sp³-hybridized carbons (Fsp3) is 0.353. The quantitative estimate of drug-likeness (QED) is 0.890. The smallest absolute Gasteiger partial charge is 0.323 e. The van der Waals surface area contributed by atoms with Gasteiger partial charge in [-0.3, -0.25) is 10.1 Å². The van der Waals surface area contributed by atoms with E-state index in [0.29, 0.717) is 25.3 Å². The zero-order valence-corrected chi connectivity index (χ0v) is 13.8. The Morgan fingerprint density at radius 1 is 1.32 bits per heavy atom. The van der Waals surface area contributed by atoms with Crippen LogP contribution in [0.1, 0.15) is 18.9 Å². The van der Waals surface area contributed by atoms with E-state index in [1.54, 1.807) is 36.0 Å². The van der Waals surface area contributed by atoms with Crippen LogP contribution in [0, 0.1) is 11.2 Å². The van der Waals surface area contributed by atoms with Crippen LogP contribution in [0.4, 0.5) is 15.0 Å². The van der Waals surface area contributed by atoms with Crippen LogP contribution < -0.4 is 5.32 Å². The van der Waals surface area contributed by atoms with E-state index in [1.165, 1.54) is 17.0 Å². The molecule has 1 aromatic carbocycles. The number of carbonyl (C=O) groups excluding carboxylic acids is 1. The van der Waals surface area contributed by atoms with Gasteiger partial charge >= 0.3 is 12.0 Å². The highest BCUT2D eigenvalue weighted by Gasteiger charge is 2.42. The molecular weight excluding hydrogens is 327 g/mol. The second kappa shape index (κ2) is 6.54. The van der Waals surface area contributed by atoms with E-state index in [9.17, 15) is 19.1 Å². The summed E-state index contributed by atoms with van der Waals surface area (Å²) >= 11 is 0. The molecule has 0 radical (unpaired) electrons. The molecular formula is C17H19FN4O3. The Hall–Kier alpha value is -2.90. The lowest BCUT2D eigenvalue weighted by atomic mass is 9.90. The summed E-state index contributed by atoms with van der Waals surface area (Å²) in [6, 6.07) is 7.35. The summed E-state index contributed by atoms with van der Waals surface area (Å²) in [7, 11) is 0. The van der Waals surface area contributed by atoms with Gasteiger partial charge in [0.2, 0.25) is 0 Å². The predicted molar refractivity (Wildman–Crippen MR) is 88.7 cm³/mol. The molecule has 8 heteroatoms. The SMILES string of the molecule is CC1(C(=O)O)CCN(C(=O)Nc2ccnn2Cc2ccc(F)cc2)C1. The van der Waals surface area contributed by atoms with Crippen molar-refractivity contribution in [3.8, 4) is 0 Å². The van der Waals surface area contributed by atoms with Crippen LogP contribution in [0.15, 0.2) is 36.5 Å². The second-order valence-electron chi connectivity index (χ2n) is 6.47. The van der Waals surface area contributed by atoms with E-state index in [1.807, 2.05) is 0 Å². The van der Waals surface area contributed by atoms with Crippen molar-refractivity contribution in [1.82, 2.24) is 14.7 Å². The molecule has 3 rings (SSSR count). The number of carbonyl (C=O) groups is 2. The van der Waals surface area contributed by atoms with Crippen molar-refractivity contribution in [3.05, 3.63) is 47.9 Å². The number of nitrogens with zero attached hydrogens (tertiary/aromatic N) is 3. The third-order valence-electron chi connectivity index (χ3n) is 4.47. The first-order valence-corrected chi connectivity index (χ1v) is 7.93. The first-order chi connectivity index (χ1) is 11.9. The Kier molecular flexibility index (Phi) is 4.43. The Morgan fingerprint density at radius 3 is 2.68 bits per heavy atom. The van der Waals surface area contributed by atoms with E-state index in [0.717, 1.165) is 5.56 Å². The highest BCUT2D eigenvalue weighted by molar-refractivity contribution is 5.89. The van der Waals surface area contributed by atoms with Crippen LogP contribution in [-0.4, -0.2) is 44.9 Å². The third-order valence-corrected chi connectivity index (χ3v) is 4.47. The van der Waals surface area contributed by atoms with Gasteiger partial charge in [0.05, 0.1) is 18.2 Å². The number of halogens is 1. The molecule has 2 N–H and O–H groups in total. The van der Waals surface area contributed by atoms with Gasteiger partial charge in [-0.15, -0.1) is 0 Å². The highest BCUT2D eigenvalue weighted by atomic mass is 19.1. The average molecular weight is 346 g/mol. The van der Waals surface area contributed by atoms with E-state index < -0.39 is 11.4 Å². The van der Waals surface area contributed by atoms with Crippen LogP contribution in [0.25, 0.3) is 0 Å². The molecule has 2 aromatic rings. The van der Waals surface area contributed by atoms with Crippen molar-refractivity contribution < 1.29 is 19.1 Å². The van der Waals surface area contributed by atoms with Gasteiger partial charge in [0, 0.05) is 19.2 Å². The lowest BCUT2D eigenvalue weighted by Gasteiger charge is -2.20. The van der Waals surface area contributed by atoms with Crippen molar-refractivity contribution in [2.75, 3.05) is 18.4 Å². The van der Waals surface area contributed by atoms with Crippen molar-refractivity contribution in [3.63, 3.8) is 0 Å². The van der Waals surface area contributed by atoms with Crippen LogP contribution in [0.2, 0.25) is 0 Å². The molecule has 1 fully saturated rings.